The summed E-state index contributed by atoms with van der Waals surface area (Å²) in [6.45, 7) is 0.937. The van der Waals surface area contributed by atoms with Crippen LogP contribution in [0.25, 0.3) is 0 Å². The first-order valence-corrected chi connectivity index (χ1v) is 13.3. The van der Waals surface area contributed by atoms with Gasteiger partial charge in [-0.1, -0.05) is 18.2 Å². The predicted octanol–water partition coefficient (Wildman–Crippen LogP) is 1.45. The highest BCUT2D eigenvalue weighted by Gasteiger charge is 2.30. The van der Waals surface area contributed by atoms with Gasteiger partial charge in [0.1, 0.15) is 11.6 Å². The van der Waals surface area contributed by atoms with Crippen LogP contribution in [-0.4, -0.2) is 66.5 Å². The molecule has 11 heteroatoms. The first-order valence-electron chi connectivity index (χ1n) is 9.91. The molecule has 9 nitrogen and oxygen atoms in total. The summed E-state index contributed by atoms with van der Waals surface area (Å²) >= 11 is 0. The molecule has 0 saturated carbocycles. The van der Waals surface area contributed by atoms with Gasteiger partial charge in [-0.2, -0.15) is 0 Å². The van der Waals surface area contributed by atoms with Crippen LogP contribution in [-0.2, 0) is 24.7 Å². The third-order valence-corrected chi connectivity index (χ3v) is 7.33. The normalized spacial score (nSPS) is 15.8. The maximum Gasteiger partial charge on any atom is 0.263 e. The maximum absolute atomic E-state index is 12.3. The Morgan fingerprint density at radius 3 is 2.66 bits per heavy atom. The van der Waals surface area contributed by atoms with Crippen LogP contribution in [0.2, 0.25) is 0 Å². The van der Waals surface area contributed by atoms with E-state index in [4.69, 9.17) is 4.74 Å². The van der Waals surface area contributed by atoms with E-state index in [0.29, 0.717) is 30.9 Å². The largest absolute Gasteiger partial charge is 0.493 e. The molecule has 1 aliphatic heterocycles. The number of sulfone groups is 1. The minimum atomic E-state index is -3.59. The van der Waals surface area contributed by atoms with Crippen LogP contribution in [0.15, 0.2) is 63.3 Å². The van der Waals surface area contributed by atoms with Gasteiger partial charge in [0.2, 0.25) is 5.91 Å². The minimum absolute atomic E-state index is 0.123. The number of fused-ring (bicyclic) bond motifs is 1. The second-order valence-electron chi connectivity index (χ2n) is 7.35. The van der Waals surface area contributed by atoms with E-state index in [2.05, 4.69) is 9.71 Å². The summed E-state index contributed by atoms with van der Waals surface area (Å²) in [5.41, 5.74) is 0.505. The molecule has 0 saturated heterocycles. The summed E-state index contributed by atoms with van der Waals surface area (Å²) in [5.74, 6) is 0.584. The summed E-state index contributed by atoms with van der Waals surface area (Å²) in [4.78, 5) is 18.5. The van der Waals surface area contributed by atoms with Crippen molar-refractivity contribution in [2.45, 2.75) is 22.6 Å². The molecule has 2 aromatic rings. The number of rotatable bonds is 9. The molecular formula is C21H25N3O6S2. The number of hydrogen-bond donors (Lipinski definition) is 1. The third kappa shape index (κ3) is 5.86. The first-order chi connectivity index (χ1) is 15.1. The molecule has 0 atom stereocenters. The molecule has 172 valence electrons. The number of sulfonamides is 1. The number of carbonyl (C=O) groups excluding carboxylic acids is 1. The number of aliphatic imine (C=N–C) groups is 1. The average Bonchev–Trinajstić information content (AvgIpc) is 3.01. The van der Waals surface area contributed by atoms with Crippen LogP contribution in [0.5, 0.6) is 5.75 Å². The number of benzene rings is 2. The smallest absolute Gasteiger partial charge is 0.263 e. The summed E-state index contributed by atoms with van der Waals surface area (Å²) in [6, 6.07) is 12.8. The number of ether oxygens (including phenoxy) is 1. The Morgan fingerprint density at radius 1 is 1.16 bits per heavy atom. The van der Waals surface area contributed by atoms with Gasteiger partial charge in [-0.25, -0.2) is 16.8 Å². The molecule has 1 N–H and O–H groups in total. The highest BCUT2D eigenvalue weighted by molar-refractivity contribution is 7.91. The topological polar surface area (TPSA) is 122 Å². The minimum Gasteiger partial charge on any atom is -0.493 e. The van der Waals surface area contributed by atoms with E-state index < -0.39 is 19.9 Å². The molecular weight excluding hydrogens is 454 g/mol. The van der Waals surface area contributed by atoms with Crippen LogP contribution in [0.3, 0.4) is 0 Å². The third-order valence-electron chi connectivity index (χ3n) is 4.82. The number of hydrogen-bond acceptors (Lipinski definition) is 7. The van der Waals surface area contributed by atoms with Gasteiger partial charge in [-0.3, -0.25) is 14.5 Å². The lowest BCUT2D eigenvalue weighted by molar-refractivity contribution is -0.129. The molecule has 1 aliphatic rings. The van der Waals surface area contributed by atoms with Crippen molar-refractivity contribution in [3.05, 3.63) is 54.1 Å². The standard InChI is InChI=1S/C21H25N3O6S2/c1-24(13-6-14-30-16-7-5-8-17(15-16)31(2,26)27)20(25)11-12-22-21-18-9-3-4-10-19(18)32(28,29)23-21/h3-5,7-10,15H,6,11-14H2,1-2H3,(H,22,23). The molecule has 2 aromatic carbocycles. The van der Waals surface area contributed by atoms with Crippen molar-refractivity contribution in [2.24, 2.45) is 4.99 Å². The van der Waals surface area contributed by atoms with Crippen molar-refractivity contribution in [1.82, 2.24) is 9.62 Å². The summed E-state index contributed by atoms with van der Waals surface area (Å²) < 4.78 is 55.3. The van der Waals surface area contributed by atoms with Gasteiger partial charge in [-0.15, -0.1) is 0 Å². The van der Waals surface area contributed by atoms with Gasteiger partial charge < -0.3 is 9.64 Å². The summed E-state index contributed by atoms with van der Waals surface area (Å²) in [5, 5.41) is 0. The molecule has 0 spiro atoms. The van der Waals surface area contributed by atoms with Crippen molar-refractivity contribution in [1.29, 1.82) is 0 Å². The zero-order valence-corrected chi connectivity index (χ0v) is 19.4. The quantitative estimate of drug-likeness (QED) is 0.543. The fourth-order valence-electron chi connectivity index (χ4n) is 3.12. The second-order valence-corrected chi connectivity index (χ2v) is 11.0. The Morgan fingerprint density at radius 2 is 1.91 bits per heavy atom. The molecule has 0 unspecified atom stereocenters. The van der Waals surface area contributed by atoms with Crippen LogP contribution in [0, 0.1) is 0 Å². The van der Waals surface area contributed by atoms with Gasteiger partial charge in [0.25, 0.3) is 10.0 Å². The van der Waals surface area contributed by atoms with Crippen molar-refractivity contribution in [3.8, 4) is 5.75 Å². The number of carbonyl (C=O) groups is 1. The summed E-state index contributed by atoms with van der Waals surface area (Å²) in [6.07, 6.45) is 1.84. The number of amides is 1. The summed E-state index contributed by atoms with van der Waals surface area (Å²) in [7, 11) is -5.22. The van der Waals surface area contributed by atoms with E-state index in [9.17, 15) is 21.6 Å². The van der Waals surface area contributed by atoms with Gasteiger partial charge in [0, 0.05) is 31.8 Å². The molecule has 0 aromatic heterocycles. The van der Waals surface area contributed by atoms with Gasteiger partial charge in [0.05, 0.1) is 22.9 Å². The monoisotopic (exact) mass is 479 g/mol. The SMILES string of the molecule is CN(CCCOc1cccc(S(C)(=O)=O)c1)C(=O)CCN=C1NS(=O)(=O)c2ccccc21. The Balaban J connectivity index is 1.44. The van der Waals surface area contributed by atoms with Gasteiger partial charge in [-0.05, 0) is 36.8 Å². The number of nitrogens with one attached hydrogen (secondary N) is 1. The Kier molecular flexibility index (Phi) is 7.19. The fraction of sp³-hybridized carbons (Fsp3) is 0.333. The second kappa shape index (κ2) is 9.70. The van der Waals surface area contributed by atoms with E-state index in [1.165, 1.54) is 18.2 Å². The van der Waals surface area contributed by atoms with E-state index in [-0.39, 0.29) is 34.5 Å². The number of nitrogens with zero attached hydrogens (tertiary/aromatic N) is 2. The molecule has 0 radical (unpaired) electrons. The molecule has 1 amide bonds. The molecule has 32 heavy (non-hydrogen) atoms. The van der Waals surface area contributed by atoms with Gasteiger partial charge in [0.15, 0.2) is 9.84 Å². The van der Waals surface area contributed by atoms with E-state index in [1.807, 2.05) is 0 Å². The lowest BCUT2D eigenvalue weighted by Gasteiger charge is -2.17. The molecule has 0 bridgehead atoms. The van der Waals surface area contributed by atoms with Crippen LogP contribution < -0.4 is 9.46 Å². The highest BCUT2D eigenvalue weighted by atomic mass is 32.2. The lowest BCUT2D eigenvalue weighted by atomic mass is 10.2. The number of amidine groups is 1. The average molecular weight is 480 g/mol. The van der Waals surface area contributed by atoms with Crippen molar-refractivity contribution < 1.29 is 26.4 Å². The Bertz CT molecular complexity index is 1240. The van der Waals surface area contributed by atoms with Crippen LogP contribution in [0.4, 0.5) is 0 Å². The van der Waals surface area contributed by atoms with Crippen molar-refractivity contribution in [2.75, 3.05) is 33.0 Å². The molecule has 3 rings (SSSR count). The van der Waals surface area contributed by atoms with E-state index >= 15 is 0 Å². The lowest BCUT2D eigenvalue weighted by Crippen LogP contribution is -2.29. The van der Waals surface area contributed by atoms with Gasteiger partial charge >= 0.3 is 0 Å². The molecule has 0 fully saturated rings. The highest BCUT2D eigenvalue weighted by Crippen LogP contribution is 2.22. The zero-order valence-electron chi connectivity index (χ0n) is 17.8. The van der Waals surface area contributed by atoms with E-state index in [0.717, 1.165) is 6.26 Å². The first kappa shape index (κ1) is 23.7. The predicted molar refractivity (Wildman–Crippen MR) is 120 cm³/mol. The Hall–Kier alpha value is -2.92. The van der Waals surface area contributed by atoms with Crippen LogP contribution in [0.1, 0.15) is 18.4 Å². The van der Waals surface area contributed by atoms with Crippen molar-refractivity contribution >= 4 is 31.6 Å². The molecule has 1 heterocycles. The molecule has 0 aliphatic carbocycles. The van der Waals surface area contributed by atoms with Crippen molar-refractivity contribution in [3.63, 3.8) is 0 Å². The fourth-order valence-corrected chi connectivity index (χ4v) is 5.02. The maximum atomic E-state index is 12.3. The zero-order chi connectivity index (χ0) is 23.4. The van der Waals surface area contributed by atoms with E-state index in [1.54, 1.807) is 42.3 Å². The van der Waals surface area contributed by atoms with Crippen LogP contribution >= 0.6 is 0 Å². The Labute approximate surface area is 188 Å².